The van der Waals surface area contributed by atoms with Gasteiger partial charge in [0.05, 0.1) is 6.04 Å². The number of rotatable bonds is 12. The molecule has 0 saturated carbocycles. The van der Waals surface area contributed by atoms with E-state index in [1.807, 2.05) is 6.26 Å². The van der Waals surface area contributed by atoms with Crippen LogP contribution in [0.1, 0.15) is 19.3 Å². The number of thioether (sulfide) groups is 1. The minimum atomic E-state index is -1.35. The molecule has 9 nitrogen and oxygen atoms in total. The van der Waals surface area contributed by atoms with Crippen LogP contribution in [0.15, 0.2) is 0 Å². The van der Waals surface area contributed by atoms with E-state index in [0.29, 0.717) is 5.75 Å². The van der Waals surface area contributed by atoms with Gasteiger partial charge in [-0.05, 0) is 24.9 Å². The van der Waals surface area contributed by atoms with Crippen LogP contribution in [0.5, 0.6) is 0 Å². The quantitative estimate of drug-likeness (QED) is 0.233. The van der Waals surface area contributed by atoms with Gasteiger partial charge in [-0.1, -0.05) is 0 Å². The molecular weight excluding hydrogens is 358 g/mol. The molecule has 11 heteroatoms. The van der Waals surface area contributed by atoms with Gasteiger partial charge in [0.15, 0.2) is 0 Å². The molecule has 6 N–H and O–H groups in total. The molecule has 0 bridgehead atoms. The van der Waals surface area contributed by atoms with Crippen molar-refractivity contribution < 1.29 is 29.4 Å². The Kier molecular flexibility index (Phi) is 11.3. The molecule has 0 aliphatic carbocycles. The average Bonchev–Trinajstić information content (AvgIpc) is 2.53. The number of aliphatic carboxylic acids is 2. The highest BCUT2D eigenvalue weighted by molar-refractivity contribution is 7.98. The van der Waals surface area contributed by atoms with Gasteiger partial charge in [0.25, 0.3) is 0 Å². The van der Waals surface area contributed by atoms with E-state index >= 15 is 0 Å². The standard InChI is InChI=1S/C13H23N3O6S2/c1-24-5-4-8(15-11(19)7(14)6-23)12(20)16-9(13(21)22)2-3-10(17)18/h7-9,23H,2-6,14H2,1H3,(H,15,19)(H,16,20)(H,17,18)(H,21,22). The monoisotopic (exact) mass is 381 g/mol. The van der Waals surface area contributed by atoms with E-state index in [9.17, 15) is 19.2 Å². The second kappa shape index (κ2) is 12.0. The average molecular weight is 381 g/mol. The van der Waals surface area contributed by atoms with Crippen LogP contribution in [0.2, 0.25) is 0 Å². The van der Waals surface area contributed by atoms with E-state index in [1.165, 1.54) is 11.8 Å². The largest absolute Gasteiger partial charge is 0.481 e. The number of nitrogens with one attached hydrogen (secondary N) is 2. The van der Waals surface area contributed by atoms with Crippen molar-refractivity contribution in [1.29, 1.82) is 0 Å². The second-order valence-electron chi connectivity index (χ2n) is 4.96. The third-order valence-electron chi connectivity index (χ3n) is 3.04. The summed E-state index contributed by atoms with van der Waals surface area (Å²) in [5.41, 5.74) is 5.54. The number of carbonyl (C=O) groups is 4. The van der Waals surface area contributed by atoms with Crippen LogP contribution in [0.25, 0.3) is 0 Å². The first-order valence-electron chi connectivity index (χ1n) is 7.13. The van der Waals surface area contributed by atoms with Gasteiger partial charge in [0, 0.05) is 12.2 Å². The van der Waals surface area contributed by atoms with Gasteiger partial charge < -0.3 is 26.6 Å². The molecule has 3 unspecified atom stereocenters. The van der Waals surface area contributed by atoms with Gasteiger partial charge >= 0.3 is 11.9 Å². The Morgan fingerprint density at radius 3 is 2.12 bits per heavy atom. The fourth-order valence-corrected chi connectivity index (χ4v) is 2.30. The van der Waals surface area contributed by atoms with Crippen molar-refractivity contribution in [3.05, 3.63) is 0 Å². The zero-order chi connectivity index (χ0) is 18.7. The summed E-state index contributed by atoms with van der Waals surface area (Å²) in [5.74, 6) is -3.11. The van der Waals surface area contributed by atoms with Crippen LogP contribution in [0.3, 0.4) is 0 Å². The molecule has 0 fully saturated rings. The van der Waals surface area contributed by atoms with Crippen molar-refractivity contribution in [2.24, 2.45) is 5.73 Å². The molecular formula is C13H23N3O6S2. The Labute approximate surface area is 149 Å². The van der Waals surface area contributed by atoms with Crippen LogP contribution in [-0.2, 0) is 19.2 Å². The third-order valence-corrected chi connectivity index (χ3v) is 4.08. The van der Waals surface area contributed by atoms with Gasteiger partial charge in [-0.2, -0.15) is 24.4 Å². The molecule has 0 radical (unpaired) electrons. The van der Waals surface area contributed by atoms with Gasteiger partial charge in [0.2, 0.25) is 11.8 Å². The van der Waals surface area contributed by atoms with E-state index in [1.54, 1.807) is 0 Å². The molecule has 24 heavy (non-hydrogen) atoms. The number of amides is 2. The Hall–Kier alpha value is -1.46. The van der Waals surface area contributed by atoms with Crippen LogP contribution < -0.4 is 16.4 Å². The highest BCUT2D eigenvalue weighted by Crippen LogP contribution is 2.04. The lowest BCUT2D eigenvalue weighted by Crippen LogP contribution is -2.55. The summed E-state index contributed by atoms with van der Waals surface area (Å²) in [6.45, 7) is 0. The van der Waals surface area contributed by atoms with Crippen LogP contribution >= 0.6 is 24.4 Å². The summed E-state index contributed by atoms with van der Waals surface area (Å²) < 4.78 is 0. The van der Waals surface area contributed by atoms with Gasteiger partial charge in [0.1, 0.15) is 12.1 Å². The predicted octanol–water partition coefficient (Wildman–Crippen LogP) is -1.08. The van der Waals surface area contributed by atoms with Crippen molar-refractivity contribution in [2.45, 2.75) is 37.4 Å². The van der Waals surface area contributed by atoms with Gasteiger partial charge in [-0.3, -0.25) is 14.4 Å². The Balaban J connectivity index is 4.90. The highest BCUT2D eigenvalue weighted by Gasteiger charge is 2.27. The number of carboxylic acid groups (broad SMARTS) is 2. The van der Waals surface area contributed by atoms with Crippen LogP contribution in [-0.4, -0.2) is 69.9 Å². The lowest BCUT2D eigenvalue weighted by Gasteiger charge is -2.22. The predicted molar refractivity (Wildman–Crippen MR) is 93.2 cm³/mol. The minimum absolute atomic E-state index is 0.0963. The van der Waals surface area contributed by atoms with Gasteiger partial charge in [-0.15, -0.1) is 0 Å². The van der Waals surface area contributed by atoms with E-state index in [2.05, 4.69) is 23.3 Å². The number of hydrogen-bond acceptors (Lipinski definition) is 7. The SMILES string of the molecule is CSCCC(NC(=O)C(N)CS)C(=O)NC(CCC(=O)O)C(=O)O. The molecule has 0 aromatic rings. The summed E-state index contributed by atoms with van der Waals surface area (Å²) in [7, 11) is 0. The molecule has 0 aromatic heterocycles. The number of hydrogen-bond donors (Lipinski definition) is 6. The Morgan fingerprint density at radius 2 is 1.67 bits per heavy atom. The first-order valence-corrected chi connectivity index (χ1v) is 9.16. The Bertz CT molecular complexity index is 463. The van der Waals surface area contributed by atoms with E-state index in [0.717, 1.165) is 0 Å². The number of nitrogens with two attached hydrogens (primary N) is 1. The molecule has 0 heterocycles. The fourth-order valence-electron chi connectivity index (χ4n) is 1.66. The zero-order valence-electron chi connectivity index (χ0n) is 13.2. The first-order chi connectivity index (χ1) is 11.2. The maximum atomic E-state index is 12.2. The molecule has 0 spiro atoms. The van der Waals surface area contributed by atoms with Crippen molar-refractivity contribution in [3.8, 4) is 0 Å². The lowest BCUT2D eigenvalue weighted by molar-refractivity contribution is -0.143. The maximum Gasteiger partial charge on any atom is 0.326 e. The second-order valence-corrected chi connectivity index (χ2v) is 6.31. The molecule has 0 saturated heterocycles. The van der Waals surface area contributed by atoms with Crippen molar-refractivity contribution in [2.75, 3.05) is 17.8 Å². The highest BCUT2D eigenvalue weighted by atomic mass is 32.2. The molecule has 138 valence electrons. The van der Waals surface area contributed by atoms with Crippen molar-refractivity contribution in [3.63, 3.8) is 0 Å². The van der Waals surface area contributed by atoms with E-state index in [-0.39, 0.29) is 18.6 Å². The molecule has 2 amide bonds. The third kappa shape index (κ3) is 8.99. The molecule has 0 aromatic carbocycles. The smallest absolute Gasteiger partial charge is 0.326 e. The van der Waals surface area contributed by atoms with E-state index in [4.69, 9.17) is 15.9 Å². The summed E-state index contributed by atoms with van der Waals surface area (Å²) in [6.07, 6.45) is 1.45. The van der Waals surface area contributed by atoms with Gasteiger partial charge in [-0.25, -0.2) is 4.79 Å². The summed E-state index contributed by atoms with van der Waals surface area (Å²) >= 11 is 5.36. The maximum absolute atomic E-state index is 12.2. The molecule has 3 atom stereocenters. The lowest BCUT2D eigenvalue weighted by atomic mass is 10.1. The number of carboxylic acids is 2. The fraction of sp³-hybridized carbons (Fsp3) is 0.692. The molecule has 0 rings (SSSR count). The van der Waals surface area contributed by atoms with Crippen molar-refractivity contribution in [1.82, 2.24) is 10.6 Å². The first kappa shape index (κ1) is 22.5. The number of carbonyl (C=O) groups excluding carboxylic acids is 2. The van der Waals surface area contributed by atoms with Crippen molar-refractivity contribution >= 4 is 48.1 Å². The summed E-state index contributed by atoms with van der Waals surface area (Å²) in [4.78, 5) is 45.8. The summed E-state index contributed by atoms with van der Waals surface area (Å²) in [5, 5.41) is 22.4. The molecule has 0 aliphatic rings. The summed E-state index contributed by atoms with van der Waals surface area (Å²) in [6, 6.07) is -3.19. The minimum Gasteiger partial charge on any atom is -0.481 e. The normalized spacial score (nSPS) is 14.3. The topological polar surface area (TPSA) is 159 Å². The Morgan fingerprint density at radius 1 is 1.08 bits per heavy atom. The zero-order valence-corrected chi connectivity index (χ0v) is 14.9. The van der Waals surface area contributed by atoms with Crippen LogP contribution in [0.4, 0.5) is 0 Å². The molecule has 0 aliphatic heterocycles. The number of thiol groups is 1. The van der Waals surface area contributed by atoms with E-state index < -0.39 is 48.3 Å². The van der Waals surface area contributed by atoms with Crippen LogP contribution in [0, 0.1) is 0 Å².